The minimum atomic E-state index is -0.551. The quantitative estimate of drug-likeness (QED) is 0.852. The number of hydrogen-bond acceptors (Lipinski definition) is 2. The van der Waals surface area contributed by atoms with Gasteiger partial charge in [0.1, 0.15) is 17.3 Å². The Morgan fingerprint density at radius 3 is 2.41 bits per heavy atom. The van der Waals surface area contributed by atoms with Crippen LogP contribution in [0.2, 0.25) is 0 Å². The molecule has 2 nitrogen and oxygen atoms in total. The van der Waals surface area contributed by atoms with Crippen LogP contribution in [-0.2, 0) is 6.54 Å². The molecule has 0 bridgehead atoms. The third-order valence-corrected chi connectivity index (χ3v) is 3.38. The predicted molar refractivity (Wildman–Crippen MR) is 64.7 cm³/mol. The van der Waals surface area contributed by atoms with Gasteiger partial charge in [-0.1, -0.05) is 6.92 Å². The molecule has 1 aromatic rings. The second-order valence-corrected chi connectivity index (χ2v) is 4.90. The highest BCUT2D eigenvalue weighted by molar-refractivity contribution is 5.49. The van der Waals surface area contributed by atoms with Crippen LogP contribution in [-0.4, -0.2) is 6.04 Å². The lowest BCUT2D eigenvalue weighted by atomic mass is 10.1. The minimum Gasteiger partial charge on any atom is -0.378 e. The summed E-state index contributed by atoms with van der Waals surface area (Å²) in [5.74, 6) is -0.475. The van der Waals surface area contributed by atoms with Crippen LogP contribution in [0, 0.1) is 17.6 Å². The van der Waals surface area contributed by atoms with E-state index in [9.17, 15) is 8.78 Å². The number of anilines is 1. The zero-order valence-electron chi connectivity index (χ0n) is 9.97. The van der Waals surface area contributed by atoms with E-state index < -0.39 is 11.6 Å². The molecule has 1 aromatic carbocycles. The van der Waals surface area contributed by atoms with Crippen LogP contribution < -0.4 is 11.1 Å². The molecule has 2 atom stereocenters. The van der Waals surface area contributed by atoms with Gasteiger partial charge in [0.05, 0.1) is 0 Å². The highest BCUT2D eigenvalue weighted by Gasteiger charge is 2.23. The summed E-state index contributed by atoms with van der Waals surface area (Å²) in [6.07, 6.45) is 3.05. The lowest BCUT2D eigenvalue weighted by Crippen LogP contribution is -2.17. The van der Waals surface area contributed by atoms with Crippen molar-refractivity contribution in [3.63, 3.8) is 0 Å². The molecule has 2 unspecified atom stereocenters. The molecular weight excluding hydrogens is 222 g/mol. The standard InChI is InChI=1S/C13H18F2N2/c1-8-2-3-10(4-8)17-13-11(14)5-9(7-16)6-12(13)15/h5-6,8,10,17H,2-4,7,16H2,1H3. The molecular formula is C13H18F2N2. The van der Waals surface area contributed by atoms with Crippen LogP contribution >= 0.6 is 0 Å². The van der Waals surface area contributed by atoms with E-state index in [0.717, 1.165) is 19.3 Å². The molecule has 1 aliphatic rings. The zero-order chi connectivity index (χ0) is 12.4. The number of hydrogen-bond donors (Lipinski definition) is 2. The van der Waals surface area contributed by atoms with E-state index in [0.29, 0.717) is 11.5 Å². The van der Waals surface area contributed by atoms with Crippen LogP contribution in [0.25, 0.3) is 0 Å². The topological polar surface area (TPSA) is 38.0 Å². The summed E-state index contributed by atoms with van der Waals surface area (Å²) in [6, 6.07) is 2.77. The maximum absolute atomic E-state index is 13.7. The highest BCUT2D eigenvalue weighted by atomic mass is 19.1. The number of nitrogens with one attached hydrogen (secondary N) is 1. The van der Waals surface area contributed by atoms with Crippen molar-refractivity contribution in [1.82, 2.24) is 0 Å². The van der Waals surface area contributed by atoms with Crippen molar-refractivity contribution in [3.8, 4) is 0 Å². The molecule has 0 heterocycles. The lowest BCUT2D eigenvalue weighted by molar-refractivity contribution is 0.572. The second-order valence-electron chi connectivity index (χ2n) is 4.90. The average molecular weight is 240 g/mol. The molecule has 0 saturated heterocycles. The number of benzene rings is 1. The van der Waals surface area contributed by atoms with Crippen LogP contribution in [0.1, 0.15) is 31.7 Å². The van der Waals surface area contributed by atoms with Gasteiger partial charge < -0.3 is 11.1 Å². The monoisotopic (exact) mass is 240 g/mol. The third kappa shape index (κ3) is 2.75. The normalized spacial score (nSPS) is 24.0. The largest absolute Gasteiger partial charge is 0.378 e. The molecule has 4 heteroatoms. The summed E-state index contributed by atoms with van der Waals surface area (Å²) in [4.78, 5) is 0. The van der Waals surface area contributed by atoms with Gasteiger partial charge >= 0.3 is 0 Å². The molecule has 0 aliphatic heterocycles. The van der Waals surface area contributed by atoms with Crippen LogP contribution in [0.3, 0.4) is 0 Å². The fourth-order valence-electron chi connectivity index (χ4n) is 2.42. The van der Waals surface area contributed by atoms with Crippen molar-refractivity contribution in [2.45, 2.75) is 38.8 Å². The first-order valence-electron chi connectivity index (χ1n) is 6.04. The minimum absolute atomic E-state index is 0.0127. The van der Waals surface area contributed by atoms with E-state index in [1.807, 2.05) is 0 Å². The second kappa shape index (κ2) is 5.00. The summed E-state index contributed by atoms with van der Waals surface area (Å²) in [6.45, 7) is 2.31. The van der Waals surface area contributed by atoms with E-state index >= 15 is 0 Å². The van der Waals surface area contributed by atoms with E-state index in [-0.39, 0.29) is 18.3 Å². The van der Waals surface area contributed by atoms with Gasteiger partial charge in [0.2, 0.25) is 0 Å². The van der Waals surface area contributed by atoms with Gasteiger partial charge in [-0.2, -0.15) is 0 Å². The Labute approximate surface area is 100 Å². The van der Waals surface area contributed by atoms with Crippen LogP contribution in [0.5, 0.6) is 0 Å². The van der Waals surface area contributed by atoms with Crippen molar-refractivity contribution >= 4 is 5.69 Å². The Hall–Kier alpha value is -1.16. The van der Waals surface area contributed by atoms with E-state index in [2.05, 4.69) is 12.2 Å². The summed E-state index contributed by atoms with van der Waals surface area (Å²) in [5, 5.41) is 2.97. The Morgan fingerprint density at radius 2 is 1.94 bits per heavy atom. The fraction of sp³-hybridized carbons (Fsp3) is 0.538. The molecule has 2 rings (SSSR count). The highest BCUT2D eigenvalue weighted by Crippen LogP contribution is 2.29. The van der Waals surface area contributed by atoms with Crippen molar-refractivity contribution in [2.75, 3.05) is 5.32 Å². The van der Waals surface area contributed by atoms with E-state index in [4.69, 9.17) is 5.73 Å². The Balaban J connectivity index is 2.15. The lowest BCUT2D eigenvalue weighted by Gasteiger charge is -2.16. The summed E-state index contributed by atoms with van der Waals surface area (Å²) < 4.78 is 27.4. The number of nitrogens with two attached hydrogens (primary N) is 1. The number of rotatable bonds is 3. The first-order chi connectivity index (χ1) is 8.10. The molecule has 0 spiro atoms. The fourth-order valence-corrected chi connectivity index (χ4v) is 2.42. The van der Waals surface area contributed by atoms with Crippen molar-refractivity contribution in [1.29, 1.82) is 0 Å². The van der Waals surface area contributed by atoms with Gasteiger partial charge in [0, 0.05) is 12.6 Å². The SMILES string of the molecule is CC1CCC(Nc2c(F)cc(CN)cc2F)C1. The molecule has 94 valence electrons. The first-order valence-corrected chi connectivity index (χ1v) is 6.04. The number of halogens is 2. The Bertz CT molecular complexity index is 383. The molecule has 0 radical (unpaired) electrons. The first kappa shape index (κ1) is 12.3. The Morgan fingerprint density at radius 1 is 1.29 bits per heavy atom. The Kier molecular flexibility index (Phi) is 3.62. The molecule has 17 heavy (non-hydrogen) atoms. The van der Waals surface area contributed by atoms with E-state index in [1.54, 1.807) is 0 Å². The zero-order valence-corrected chi connectivity index (χ0v) is 9.97. The smallest absolute Gasteiger partial charge is 0.149 e. The van der Waals surface area contributed by atoms with E-state index in [1.165, 1.54) is 12.1 Å². The van der Waals surface area contributed by atoms with Gasteiger partial charge in [-0.3, -0.25) is 0 Å². The van der Waals surface area contributed by atoms with Gasteiger partial charge in [0.15, 0.2) is 0 Å². The maximum Gasteiger partial charge on any atom is 0.149 e. The van der Waals surface area contributed by atoms with Gasteiger partial charge in [-0.15, -0.1) is 0 Å². The predicted octanol–water partition coefficient (Wildman–Crippen LogP) is 3.02. The van der Waals surface area contributed by atoms with Crippen LogP contribution in [0.4, 0.5) is 14.5 Å². The van der Waals surface area contributed by atoms with Gasteiger partial charge in [0.25, 0.3) is 0 Å². The van der Waals surface area contributed by atoms with Gasteiger partial charge in [-0.25, -0.2) is 8.78 Å². The summed E-state index contributed by atoms with van der Waals surface area (Å²) in [7, 11) is 0. The van der Waals surface area contributed by atoms with Crippen LogP contribution in [0.15, 0.2) is 12.1 Å². The summed E-state index contributed by atoms with van der Waals surface area (Å²) >= 11 is 0. The van der Waals surface area contributed by atoms with Crippen molar-refractivity contribution in [3.05, 3.63) is 29.3 Å². The molecule has 3 N–H and O–H groups in total. The third-order valence-electron chi connectivity index (χ3n) is 3.38. The van der Waals surface area contributed by atoms with Crippen molar-refractivity contribution < 1.29 is 8.78 Å². The molecule has 0 amide bonds. The van der Waals surface area contributed by atoms with Crippen molar-refractivity contribution in [2.24, 2.45) is 11.7 Å². The maximum atomic E-state index is 13.7. The molecule has 1 fully saturated rings. The summed E-state index contributed by atoms with van der Waals surface area (Å²) in [5.41, 5.74) is 5.83. The van der Waals surface area contributed by atoms with Gasteiger partial charge in [-0.05, 0) is 42.9 Å². The molecule has 1 aliphatic carbocycles. The average Bonchev–Trinajstić information content (AvgIpc) is 2.69. The molecule has 0 aromatic heterocycles. The molecule has 1 saturated carbocycles.